The fourth-order valence-electron chi connectivity index (χ4n) is 4.18. The molecule has 1 aliphatic rings. The van der Waals surface area contributed by atoms with Crippen molar-refractivity contribution >= 4 is 17.2 Å². The van der Waals surface area contributed by atoms with Crippen LogP contribution in [0, 0.1) is 6.92 Å². The van der Waals surface area contributed by atoms with Gasteiger partial charge in [-0.2, -0.15) is 0 Å². The van der Waals surface area contributed by atoms with Gasteiger partial charge >= 0.3 is 0 Å². The molecular weight excluding hydrogens is 410 g/mol. The van der Waals surface area contributed by atoms with E-state index in [4.69, 9.17) is 9.47 Å². The highest BCUT2D eigenvalue weighted by atomic mass is 16.5. The Bertz CT molecular complexity index is 1210. The van der Waals surface area contributed by atoms with E-state index >= 15 is 0 Å². The first kappa shape index (κ1) is 22.4. The lowest BCUT2D eigenvalue weighted by Gasteiger charge is -2.26. The van der Waals surface area contributed by atoms with Gasteiger partial charge in [-0.05, 0) is 48.8 Å². The van der Waals surface area contributed by atoms with Crippen molar-refractivity contribution in [3.05, 3.63) is 107 Å². The molecule has 0 aliphatic heterocycles. The van der Waals surface area contributed by atoms with E-state index in [0.717, 1.165) is 22.4 Å². The summed E-state index contributed by atoms with van der Waals surface area (Å²) in [6.45, 7) is 4.21. The standard InChI is InChI=1S/C29H29NO3/c1-20-10-12-23(13-11-20)26-18-24(16-21(26)2)30(29(31)17-22-8-6-5-7-9-22)27-19-25(32-3)14-15-28(27)33-4/h5-15,18-19H,16-17H2,1-4H3. The largest absolute Gasteiger partial charge is 0.497 e. The number of hydrogen-bond donors (Lipinski definition) is 0. The molecule has 0 bridgehead atoms. The summed E-state index contributed by atoms with van der Waals surface area (Å²) in [5.74, 6) is 1.28. The van der Waals surface area contributed by atoms with Crippen LogP contribution in [0.15, 0.2) is 90.1 Å². The summed E-state index contributed by atoms with van der Waals surface area (Å²) in [5.41, 5.74) is 7.34. The lowest BCUT2D eigenvalue weighted by atomic mass is 10.0. The third-order valence-electron chi connectivity index (χ3n) is 5.94. The number of methoxy groups -OCH3 is 2. The molecule has 0 fully saturated rings. The van der Waals surface area contributed by atoms with E-state index < -0.39 is 0 Å². The Hall–Kier alpha value is -3.79. The second-order valence-electron chi connectivity index (χ2n) is 8.30. The molecule has 3 aromatic rings. The van der Waals surface area contributed by atoms with Gasteiger partial charge < -0.3 is 9.47 Å². The van der Waals surface area contributed by atoms with Crippen LogP contribution in [0.3, 0.4) is 0 Å². The predicted octanol–water partition coefficient (Wildman–Crippen LogP) is 6.35. The van der Waals surface area contributed by atoms with Crippen LogP contribution in [0.2, 0.25) is 0 Å². The molecule has 0 saturated heterocycles. The summed E-state index contributed by atoms with van der Waals surface area (Å²) < 4.78 is 11.1. The van der Waals surface area contributed by atoms with Crippen molar-refractivity contribution in [2.75, 3.05) is 19.1 Å². The average molecular weight is 440 g/mol. The van der Waals surface area contributed by atoms with Crippen molar-refractivity contribution < 1.29 is 14.3 Å². The fraction of sp³-hybridized carbons (Fsp3) is 0.207. The Morgan fingerprint density at radius 2 is 1.64 bits per heavy atom. The molecular formula is C29H29NO3. The number of allylic oxidation sites excluding steroid dienone is 3. The minimum atomic E-state index is -0.0167. The maximum Gasteiger partial charge on any atom is 0.235 e. The van der Waals surface area contributed by atoms with E-state index in [1.54, 1.807) is 19.1 Å². The van der Waals surface area contributed by atoms with Gasteiger partial charge in [-0.1, -0.05) is 65.7 Å². The van der Waals surface area contributed by atoms with Gasteiger partial charge in [0, 0.05) is 18.2 Å². The highest BCUT2D eigenvalue weighted by molar-refractivity contribution is 6.01. The smallest absolute Gasteiger partial charge is 0.235 e. The normalized spacial score (nSPS) is 13.0. The number of benzene rings is 3. The number of carbonyl (C=O) groups is 1. The van der Waals surface area contributed by atoms with Crippen LogP contribution in [-0.2, 0) is 11.2 Å². The van der Waals surface area contributed by atoms with E-state index in [1.165, 1.54) is 11.1 Å². The number of hydrogen-bond acceptors (Lipinski definition) is 3. The van der Waals surface area contributed by atoms with Crippen molar-refractivity contribution in [3.63, 3.8) is 0 Å². The van der Waals surface area contributed by atoms with Gasteiger partial charge in [0.1, 0.15) is 11.5 Å². The van der Waals surface area contributed by atoms with Gasteiger partial charge in [-0.25, -0.2) is 0 Å². The number of ether oxygens (including phenoxy) is 2. The van der Waals surface area contributed by atoms with Crippen LogP contribution in [0.1, 0.15) is 30.0 Å². The summed E-state index contributed by atoms with van der Waals surface area (Å²) in [7, 11) is 3.24. The number of aryl methyl sites for hydroxylation is 1. The second-order valence-corrected chi connectivity index (χ2v) is 8.30. The summed E-state index contributed by atoms with van der Waals surface area (Å²) in [6, 6.07) is 23.9. The maximum absolute atomic E-state index is 13.7. The van der Waals surface area contributed by atoms with Crippen LogP contribution >= 0.6 is 0 Å². The van der Waals surface area contributed by atoms with Gasteiger partial charge in [0.25, 0.3) is 0 Å². The molecule has 0 aromatic heterocycles. The lowest BCUT2D eigenvalue weighted by molar-refractivity contribution is -0.117. The Kier molecular flexibility index (Phi) is 6.64. The predicted molar refractivity (Wildman–Crippen MR) is 134 cm³/mol. The third-order valence-corrected chi connectivity index (χ3v) is 5.94. The van der Waals surface area contributed by atoms with Crippen molar-refractivity contribution in [1.29, 1.82) is 0 Å². The van der Waals surface area contributed by atoms with Gasteiger partial charge in [0.15, 0.2) is 0 Å². The van der Waals surface area contributed by atoms with Crippen LogP contribution in [-0.4, -0.2) is 20.1 Å². The maximum atomic E-state index is 13.7. The van der Waals surface area contributed by atoms with Crippen LogP contribution in [0.4, 0.5) is 5.69 Å². The molecule has 1 aliphatic carbocycles. The van der Waals surface area contributed by atoms with Gasteiger partial charge in [0.2, 0.25) is 5.91 Å². The Morgan fingerprint density at radius 3 is 2.30 bits per heavy atom. The van der Waals surface area contributed by atoms with Crippen molar-refractivity contribution in [1.82, 2.24) is 0 Å². The number of carbonyl (C=O) groups excluding carboxylic acids is 1. The minimum absolute atomic E-state index is 0.0167. The number of rotatable bonds is 7. The van der Waals surface area contributed by atoms with Crippen LogP contribution < -0.4 is 14.4 Å². The highest BCUT2D eigenvalue weighted by Crippen LogP contribution is 2.40. The molecule has 1 amide bonds. The Labute approximate surface area is 195 Å². The van der Waals surface area contributed by atoms with Crippen LogP contribution in [0.5, 0.6) is 11.5 Å². The zero-order valence-corrected chi connectivity index (χ0v) is 19.6. The van der Waals surface area contributed by atoms with Crippen molar-refractivity contribution in [3.8, 4) is 11.5 Å². The minimum Gasteiger partial charge on any atom is -0.497 e. The zero-order valence-electron chi connectivity index (χ0n) is 19.6. The first-order chi connectivity index (χ1) is 16.0. The van der Waals surface area contributed by atoms with E-state index in [1.807, 2.05) is 48.5 Å². The van der Waals surface area contributed by atoms with E-state index in [0.29, 0.717) is 23.6 Å². The fourth-order valence-corrected chi connectivity index (χ4v) is 4.18. The second kappa shape index (κ2) is 9.78. The molecule has 168 valence electrons. The SMILES string of the molecule is COc1ccc(OC)c(N(C(=O)Cc2ccccc2)C2=CC(c3ccc(C)cc3)=C(C)C2)c1. The third kappa shape index (κ3) is 4.85. The monoisotopic (exact) mass is 439 g/mol. The molecule has 4 heteroatoms. The number of nitrogens with zero attached hydrogens (tertiary/aromatic N) is 1. The van der Waals surface area contributed by atoms with E-state index in [9.17, 15) is 4.79 Å². The quantitative estimate of drug-likeness (QED) is 0.431. The van der Waals surface area contributed by atoms with Crippen molar-refractivity contribution in [2.24, 2.45) is 0 Å². The summed E-state index contributed by atoms with van der Waals surface area (Å²) in [6.07, 6.45) is 3.10. The molecule has 0 N–H and O–H groups in total. The highest BCUT2D eigenvalue weighted by Gasteiger charge is 2.28. The zero-order chi connectivity index (χ0) is 23.4. The molecule has 0 saturated carbocycles. The van der Waals surface area contributed by atoms with Gasteiger partial charge in [0.05, 0.1) is 26.3 Å². The van der Waals surface area contributed by atoms with E-state index in [2.05, 4.69) is 44.2 Å². The molecule has 4 nitrogen and oxygen atoms in total. The summed E-state index contributed by atoms with van der Waals surface area (Å²) in [5, 5.41) is 0. The van der Waals surface area contributed by atoms with Gasteiger partial charge in [-0.3, -0.25) is 9.69 Å². The van der Waals surface area contributed by atoms with E-state index in [-0.39, 0.29) is 12.3 Å². The molecule has 33 heavy (non-hydrogen) atoms. The first-order valence-corrected chi connectivity index (χ1v) is 11.1. The van der Waals surface area contributed by atoms with Crippen LogP contribution in [0.25, 0.3) is 5.57 Å². The first-order valence-electron chi connectivity index (χ1n) is 11.1. The summed E-state index contributed by atoms with van der Waals surface area (Å²) in [4.78, 5) is 15.5. The molecule has 4 rings (SSSR count). The molecule has 0 unspecified atom stereocenters. The molecule has 0 atom stereocenters. The lowest BCUT2D eigenvalue weighted by Crippen LogP contribution is -2.31. The number of amides is 1. The molecule has 0 heterocycles. The Balaban J connectivity index is 1.77. The number of anilines is 1. The molecule has 0 radical (unpaired) electrons. The molecule has 3 aromatic carbocycles. The summed E-state index contributed by atoms with van der Waals surface area (Å²) >= 11 is 0. The average Bonchev–Trinajstić information content (AvgIpc) is 3.21. The topological polar surface area (TPSA) is 38.8 Å². The van der Waals surface area contributed by atoms with Gasteiger partial charge in [-0.15, -0.1) is 0 Å². The molecule has 0 spiro atoms. The Morgan fingerprint density at radius 1 is 0.909 bits per heavy atom. The van der Waals surface area contributed by atoms with Crippen molar-refractivity contribution in [2.45, 2.75) is 26.7 Å².